The Balaban J connectivity index is 1.61. The molecule has 4 atom stereocenters. The van der Waals surface area contributed by atoms with E-state index in [0.29, 0.717) is 36.9 Å². The van der Waals surface area contributed by atoms with Crippen LogP contribution >= 0.6 is 0 Å². The fourth-order valence-electron chi connectivity index (χ4n) is 4.83. The molecular formula is C22H30N2O7. The number of nitrogens with one attached hydrogen (secondary N) is 1. The van der Waals surface area contributed by atoms with E-state index in [2.05, 4.69) is 12.2 Å². The first-order valence-corrected chi connectivity index (χ1v) is 10.4. The summed E-state index contributed by atoms with van der Waals surface area (Å²) < 4.78 is 15.6. The van der Waals surface area contributed by atoms with Crippen LogP contribution in [0.3, 0.4) is 0 Å². The van der Waals surface area contributed by atoms with E-state index >= 15 is 0 Å². The number of likely N-dealkylation sites (tertiary alicyclic amines) is 1. The zero-order valence-corrected chi connectivity index (χ0v) is 18.1. The second-order valence-corrected chi connectivity index (χ2v) is 8.20. The maximum atomic E-state index is 12.8. The van der Waals surface area contributed by atoms with E-state index in [1.54, 1.807) is 14.2 Å². The predicted octanol–water partition coefficient (Wildman–Crippen LogP) is 1.29. The third-order valence-corrected chi connectivity index (χ3v) is 6.35. The molecule has 1 aliphatic heterocycles. The van der Waals surface area contributed by atoms with Crippen LogP contribution in [0.2, 0.25) is 0 Å². The standard InChI is InChI=1S/C22H30N2O7/c1-13-6-18-16(17(13)9-23-20(25)11-31-12-22(27)28)8-21(26)24(18)10-14-4-5-15(29-2)7-19(14)30-3/h4-5,7,13,16-18H,6,8-12H2,1-3H3,(H,23,25)(H,27,28)/t13-,16-,17+,18+/m0/s1. The van der Waals surface area contributed by atoms with Gasteiger partial charge in [0.15, 0.2) is 0 Å². The Morgan fingerprint density at radius 2 is 2.00 bits per heavy atom. The molecule has 0 radical (unpaired) electrons. The van der Waals surface area contributed by atoms with E-state index in [0.717, 1.165) is 12.0 Å². The largest absolute Gasteiger partial charge is 0.497 e. The number of amides is 2. The first kappa shape index (κ1) is 22.9. The molecule has 1 saturated carbocycles. The number of methoxy groups -OCH3 is 2. The van der Waals surface area contributed by atoms with Crippen molar-refractivity contribution in [3.63, 3.8) is 0 Å². The number of aliphatic carboxylic acids is 1. The van der Waals surface area contributed by atoms with Crippen molar-refractivity contribution in [2.45, 2.75) is 32.4 Å². The summed E-state index contributed by atoms with van der Waals surface area (Å²) in [5.41, 5.74) is 0.928. The van der Waals surface area contributed by atoms with Gasteiger partial charge in [0.25, 0.3) is 0 Å². The number of ether oxygens (including phenoxy) is 3. The molecule has 3 rings (SSSR count). The topological polar surface area (TPSA) is 114 Å². The Morgan fingerprint density at radius 3 is 2.68 bits per heavy atom. The minimum absolute atomic E-state index is 0.112. The van der Waals surface area contributed by atoms with Crippen LogP contribution in [0.1, 0.15) is 25.3 Å². The Kier molecular flexibility index (Phi) is 7.37. The Labute approximate surface area is 181 Å². The summed E-state index contributed by atoms with van der Waals surface area (Å²) in [7, 11) is 3.20. The third-order valence-electron chi connectivity index (χ3n) is 6.35. The molecule has 2 aliphatic rings. The van der Waals surface area contributed by atoms with Gasteiger partial charge in [-0.1, -0.05) is 6.92 Å². The van der Waals surface area contributed by atoms with Crippen molar-refractivity contribution in [2.75, 3.05) is 34.0 Å². The average molecular weight is 434 g/mol. The van der Waals surface area contributed by atoms with Crippen molar-refractivity contribution in [3.05, 3.63) is 23.8 Å². The molecule has 0 unspecified atom stereocenters. The van der Waals surface area contributed by atoms with Crippen molar-refractivity contribution in [3.8, 4) is 11.5 Å². The van der Waals surface area contributed by atoms with Crippen LogP contribution < -0.4 is 14.8 Å². The van der Waals surface area contributed by atoms with Gasteiger partial charge in [0.1, 0.15) is 24.7 Å². The maximum Gasteiger partial charge on any atom is 0.329 e. The number of benzene rings is 1. The van der Waals surface area contributed by atoms with Crippen molar-refractivity contribution < 1.29 is 33.7 Å². The van der Waals surface area contributed by atoms with Crippen molar-refractivity contribution in [1.82, 2.24) is 10.2 Å². The smallest absolute Gasteiger partial charge is 0.329 e. The molecule has 1 heterocycles. The van der Waals surface area contributed by atoms with Crippen molar-refractivity contribution in [2.24, 2.45) is 17.8 Å². The Morgan fingerprint density at radius 1 is 1.23 bits per heavy atom. The molecule has 2 fully saturated rings. The number of carbonyl (C=O) groups excluding carboxylic acids is 2. The molecule has 0 bridgehead atoms. The van der Waals surface area contributed by atoms with Crippen LogP contribution in [0.15, 0.2) is 18.2 Å². The summed E-state index contributed by atoms with van der Waals surface area (Å²) in [6.07, 6.45) is 1.34. The van der Waals surface area contributed by atoms with Gasteiger partial charge in [0.05, 0.1) is 14.2 Å². The number of carboxylic acid groups (broad SMARTS) is 1. The lowest BCUT2D eigenvalue weighted by atomic mass is 9.88. The van der Waals surface area contributed by atoms with Crippen molar-refractivity contribution in [1.29, 1.82) is 0 Å². The first-order chi connectivity index (χ1) is 14.8. The third kappa shape index (κ3) is 5.28. The lowest BCUT2D eigenvalue weighted by Gasteiger charge is -2.25. The van der Waals surface area contributed by atoms with Crippen LogP contribution in [-0.4, -0.2) is 67.8 Å². The quantitative estimate of drug-likeness (QED) is 0.570. The highest BCUT2D eigenvalue weighted by atomic mass is 16.5. The van der Waals surface area contributed by atoms with E-state index in [1.165, 1.54) is 0 Å². The number of carboxylic acids is 1. The monoisotopic (exact) mass is 434 g/mol. The summed E-state index contributed by atoms with van der Waals surface area (Å²) in [5, 5.41) is 11.4. The zero-order valence-electron chi connectivity index (χ0n) is 18.1. The van der Waals surface area contributed by atoms with E-state index < -0.39 is 12.6 Å². The number of hydrogen-bond acceptors (Lipinski definition) is 6. The van der Waals surface area contributed by atoms with Crippen molar-refractivity contribution >= 4 is 17.8 Å². The highest BCUT2D eigenvalue weighted by molar-refractivity contribution is 5.80. The molecule has 2 amide bonds. The molecule has 0 spiro atoms. The minimum atomic E-state index is -1.11. The Bertz CT molecular complexity index is 828. The van der Waals surface area contributed by atoms with Gasteiger partial charge in [-0.05, 0) is 36.3 Å². The van der Waals surface area contributed by atoms with E-state index in [-0.39, 0.29) is 36.3 Å². The number of hydrogen-bond donors (Lipinski definition) is 2. The van der Waals surface area contributed by atoms with Crippen LogP contribution in [0.4, 0.5) is 0 Å². The highest BCUT2D eigenvalue weighted by Gasteiger charge is 2.50. The van der Waals surface area contributed by atoms with Gasteiger partial charge in [-0.25, -0.2) is 4.79 Å². The number of fused-ring (bicyclic) bond motifs is 1. The molecule has 1 saturated heterocycles. The van der Waals surface area contributed by atoms with Gasteiger partial charge in [-0.2, -0.15) is 0 Å². The van der Waals surface area contributed by atoms with Gasteiger partial charge >= 0.3 is 5.97 Å². The minimum Gasteiger partial charge on any atom is -0.497 e. The average Bonchev–Trinajstić information content (AvgIpc) is 3.20. The first-order valence-electron chi connectivity index (χ1n) is 10.4. The van der Waals surface area contributed by atoms with Gasteiger partial charge < -0.3 is 29.5 Å². The van der Waals surface area contributed by atoms with Crippen LogP contribution in [0.25, 0.3) is 0 Å². The Hall–Kier alpha value is -2.81. The molecule has 1 aromatic rings. The molecule has 170 valence electrons. The van der Waals surface area contributed by atoms with E-state index in [4.69, 9.17) is 19.3 Å². The van der Waals surface area contributed by atoms with Crippen LogP contribution in [-0.2, 0) is 25.7 Å². The second kappa shape index (κ2) is 10.00. The summed E-state index contributed by atoms with van der Waals surface area (Å²) in [5.74, 6) is 0.742. The molecule has 31 heavy (non-hydrogen) atoms. The fourth-order valence-corrected chi connectivity index (χ4v) is 4.83. The second-order valence-electron chi connectivity index (χ2n) is 8.20. The summed E-state index contributed by atoms with van der Waals surface area (Å²) in [6.45, 7) is 2.28. The van der Waals surface area contributed by atoms with Gasteiger partial charge in [-0.3, -0.25) is 9.59 Å². The van der Waals surface area contributed by atoms with Crippen LogP contribution in [0.5, 0.6) is 11.5 Å². The number of nitrogens with zero attached hydrogens (tertiary/aromatic N) is 1. The van der Waals surface area contributed by atoms with Crippen LogP contribution in [0, 0.1) is 17.8 Å². The molecular weight excluding hydrogens is 404 g/mol. The summed E-state index contributed by atoms with van der Waals surface area (Å²) in [4.78, 5) is 37.2. The molecule has 0 aromatic heterocycles. The number of rotatable bonds is 10. The highest BCUT2D eigenvalue weighted by Crippen LogP contribution is 2.46. The molecule has 1 aromatic carbocycles. The maximum absolute atomic E-state index is 12.8. The summed E-state index contributed by atoms with van der Waals surface area (Å²) in [6, 6.07) is 5.72. The van der Waals surface area contributed by atoms with E-state index in [1.807, 2.05) is 23.1 Å². The van der Waals surface area contributed by atoms with Gasteiger partial charge in [-0.15, -0.1) is 0 Å². The van der Waals surface area contributed by atoms with Gasteiger partial charge in [0.2, 0.25) is 11.8 Å². The normalized spacial score (nSPS) is 24.7. The lowest BCUT2D eigenvalue weighted by Crippen LogP contribution is -2.36. The number of carbonyl (C=O) groups is 3. The van der Waals surface area contributed by atoms with E-state index in [9.17, 15) is 14.4 Å². The molecule has 2 N–H and O–H groups in total. The lowest BCUT2D eigenvalue weighted by molar-refractivity contribution is -0.143. The summed E-state index contributed by atoms with van der Waals surface area (Å²) >= 11 is 0. The molecule has 1 aliphatic carbocycles. The SMILES string of the molecule is COc1ccc(CN2C(=O)C[C@H]3[C@H](CNC(=O)COCC(=O)O)[C@@H](C)C[C@H]32)c(OC)c1. The predicted molar refractivity (Wildman–Crippen MR) is 111 cm³/mol. The molecule has 9 heteroatoms. The van der Waals surface area contributed by atoms with Gasteiger partial charge in [0, 0.05) is 37.2 Å². The molecule has 9 nitrogen and oxygen atoms in total. The zero-order chi connectivity index (χ0) is 22.5. The fraction of sp³-hybridized carbons (Fsp3) is 0.591.